The summed E-state index contributed by atoms with van der Waals surface area (Å²) in [5.41, 5.74) is 1.85. The molecule has 0 fully saturated rings. The van der Waals surface area contributed by atoms with Gasteiger partial charge in [-0.25, -0.2) is 0 Å². The van der Waals surface area contributed by atoms with Gasteiger partial charge in [0.2, 0.25) is 5.91 Å². The zero-order valence-electron chi connectivity index (χ0n) is 9.31. The lowest BCUT2D eigenvalue weighted by Gasteiger charge is -2.02. The number of nitrogens with zero attached hydrogens (tertiary/aromatic N) is 2. The third-order valence-electron chi connectivity index (χ3n) is 2.19. The Morgan fingerprint density at radius 2 is 2.44 bits per heavy atom. The van der Waals surface area contributed by atoms with Crippen LogP contribution in [0.2, 0.25) is 0 Å². The fraction of sp³-hybridized carbons (Fsp3) is 0.600. The maximum Gasteiger partial charge on any atom is 0.221 e. The second-order valence-electron chi connectivity index (χ2n) is 3.48. The van der Waals surface area contributed by atoms with Crippen molar-refractivity contribution in [3.63, 3.8) is 0 Å². The van der Waals surface area contributed by atoms with Crippen LogP contribution in [0.15, 0.2) is 6.20 Å². The molecular weight excluding hydrogens is 226 g/mol. The number of aliphatic hydroxyl groups is 1. The van der Waals surface area contributed by atoms with Crippen molar-refractivity contribution in [2.45, 2.75) is 26.4 Å². The number of carbonyl (C=O) groups is 1. The lowest BCUT2D eigenvalue weighted by molar-refractivity contribution is -0.120. The van der Waals surface area contributed by atoms with Gasteiger partial charge in [-0.05, 0) is 12.7 Å². The van der Waals surface area contributed by atoms with Crippen LogP contribution in [0.3, 0.4) is 0 Å². The van der Waals surface area contributed by atoms with E-state index in [1.165, 1.54) is 0 Å². The van der Waals surface area contributed by atoms with Crippen LogP contribution in [0.25, 0.3) is 0 Å². The van der Waals surface area contributed by atoms with Gasteiger partial charge in [0, 0.05) is 24.7 Å². The number of nitrogens with one attached hydrogen (secondary N) is 1. The molecule has 5 nitrogen and oxygen atoms in total. The minimum Gasteiger partial charge on any atom is -0.394 e. The number of carbonyl (C=O) groups excluding carboxylic acids is 1. The number of thiol groups is 1. The lowest BCUT2D eigenvalue weighted by Crippen LogP contribution is -2.22. The summed E-state index contributed by atoms with van der Waals surface area (Å²) in [6.07, 6.45) is 2.26. The summed E-state index contributed by atoms with van der Waals surface area (Å²) >= 11 is 3.99. The summed E-state index contributed by atoms with van der Waals surface area (Å²) in [5, 5.41) is 15.8. The Morgan fingerprint density at radius 3 is 3.06 bits per heavy atom. The van der Waals surface area contributed by atoms with Crippen LogP contribution in [0.1, 0.15) is 17.7 Å². The Bertz CT molecular complexity index is 352. The fourth-order valence-corrected chi connectivity index (χ4v) is 1.54. The molecule has 0 aliphatic carbocycles. The Morgan fingerprint density at radius 1 is 1.69 bits per heavy atom. The van der Waals surface area contributed by atoms with Crippen molar-refractivity contribution in [1.82, 2.24) is 15.1 Å². The number of amides is 1. The summed E-state index contributed by atoms with van der Waals surface area (Å²) in [7, 11) is 0. The van der Waals surface area contributed by atoms with Gasteiger partial charge in [-0.15, -0.1) is 0 Å². The summed E-state index contributed by atoms with van der Waals surface area (Å²) in [5.74, 6) is 0.540. The largest absolute Gasteiger partial charge is 0.394 e. The summed E-state index contributed by atoms with van der Waals surface area (Å²) < 4.78 is 1.68. The van der Waals surface area contributed by atoms with Crippen LogP contribution in [-0.2, 0) is 17.9 Å². The van der Waals surface area contributed by atoms with Crippen LogP contribution < -0.4 is 5.32 Å². The van der Waals surface area contributed by atoms with Gasteiger partial charge in [0.25, 0.3) is 0 Å². The van der Waals surface area contributed by atoms with Crippen LogP contribution in [-0.4, -0.2) is 33.2 Å². The molecule has 0 aromatic carbocycles. The van der Waals surface area contributed by atoms with Gasteiger partial charge in [-0.1, -0.05) is 0 Å². The highest BCUT2D eigenvalue weighted by atomic mass is 32.1. The van der Waals surface area contributed by atoms with Gasteiger partial charge >= 0.3 is 0 Å². The minimum absolute atomic E-state index is 0.00990. The molecule has 1 rings (SSSR count). The highest BCUT2D eigenvalue weighted by Gasteiger charge is 2.06. The normalized spacial score (nSPS) is 10.4. The minimum atomic E-state index is -0.00990. The Hall–Kier alpha value is -1.01. The first kappa shape index (κ1) is 13.1. The van der Waals surface area contributed by atoms with Crippen LogP contribution in [0.4, 0.5) is 0 Å². The third-order valence-corrected chi connectivity index (χ3v) is 2.42. The second-order valence-corrected chi connectivity index (χ2v) is 3.92. The van der Waals surface area contributed by atoms with Gasteiger partial charge in [0.15, 0.2) is 0 Å². The average molecular weight is 243 g/mol. The first-order valence-electron chi connectivity index (χ1n) is 5.18. The molecule has 2 N–H and O–H groups in total. The van der Waals surface area contributed by atoms with E-state index in [0.717, 1.165) is 11.3 Å². The molecule has 0 radical (unpaired) electrons. The second kappa shape index (κ2) is 6.55. The standard InChI is InChI=1S/C10H17N3O2S/c1-8-9(6-11-10(15)2-5-16)7-13(12-8)3-4-14/h7,14,16H,2-6H2,1H3,(H,11,15). The Kier molecular flexibility index (Phi) is 5.34. The van der Waals surface area contributed by atoms with Crippen molar-refractivity contribution in [3.8, 4) is 0 Å². The van der Waals surface area contributed by atoms with Gasteiger partial charge in [0.05, 0.1) is 18.8 Å². The van der Waals surface area contributed by atoms with E-state index < -0.39 is 0 Å². The van der Waals surface area contributed by atoms with E-state index >= 15 is 0 Å². The van der Waals surface area contributed by atoms with Gasteiger partial charge < -0.3 is 10.4 Å². The molecule has 0 bridgehead atoms. The molecule has 1 aromatic rings. The van der Waals surface area contributed by atoms with E-state index in [2.05, 4.69) is 23.0 Å². The number of hydrogen-bond donors (Lipinski definition) is 3. The van der Waals surface area contributed by atoms with Crippen molar-refractivity contribution >= 4 is 18.5 Å². The van der Waals surface area contributed by atoms with Gasteiger partial charge in [-0.3, -0.25) is 9.48 Å². The molecule has 0 saturated carbocycles. The van der Waals surface area contributed by atoms with Crippen molar-refractivity contribution in [3.05, 3.63) is 17.5 Å². The predicted molar refractivity (Wildman–Crippen MR) is 64.4 cm³/mol. The molecule has 0 aliphatic rings. The van der Waals surface area contributed by atoms with Gasteiger partial charge in [-0.2, -0.15) is 17.7 Å². The Balaban J connectivity index is 2.50. The maximum absolute atomic E-state index is 11.2. The quantitative estimate of drug-likeness (QED) is 0.622. The topological polar surface area (TPSA) is 67.2 Å². The lowest BCUT2D eigenvalue weighted by atomic mass is 10.2. The first-order chi connectivity index (χ1) is 7.67. The van der Waals surface area contributed by atoms with Crippen LogP contribution in [0.5, 0.6) is 0 Å². The first-order valence-corrected chi connectivity index (χ1v) is 5.82. The molecule has 0 aliphatic heterocycles. The molecule has 1 amide bonds. The maximum atomic E-state index is 11.2. The molecular formula is C10H17N3O2S. The van der Waals surface area contributed by atoms with Crippen LogP contribution >= 0.6 is 12.6 Å². The highest BCUT2D eigenvalue weighted by Crippen LogP contribution is 2.05. The Labute approximate surface area is 100 Å². The van der Waals surface area contributed by atoms with Crippen molar-refractivity contribution in [1.29, 1.82) is 0 Å². The number of aryl methyl sites for hydroxylation is 1. The molecule has 90 valence electrons. The number of hydrogen-bond acceptors (Lipinski definition) is 4. The van der Waals surface area contributed by atoms with E-state index in [1.807, 2.05) is 13.1 Å². The molecule has 0 spiro atoms. The fourth-order valence-electron chi connectivity index (χ4n) is 1.33. The monoisotopic (exact) mass is 243 g/mol. The molecule has 16 heavy (non-hydrogen) atoms. The predicted octanol–water partition coefficient (Wildman–Crippen LogP) is 0.120. The van der Waals surface area contributed by atoms with E-state index in [4.69, 9.17) is 5.11 Å². The zero-order chi connectivity index (χ0) is 12.0. The van der Waals surface area contributed by atoms with Crippen molar-refractivity contribution < 1.29 is 9.90 Å². The molecule has 1 aromatic heterocycles. The van der Waals surface area contributed by atoms with E-state index in [1.54, 1.807) is 4.68 Å². The van der Waals surface area contributed by atoms with Crippen molar-refractivity contribution in [2.24, 2.45) is 0 Å². The van der Waals surface area contributed by atoms with Crippen molar-refractivity contribution in [2.75, 3.05) is 12.4 Å². The average Bonchev–Trinajstić information content (AvgIpc) is 2.57. The molecule has 6 heteroatoms. The van der Waals surface area contributed by atoms with Crippen LogP contribution in [0, 0.1) is 6.92 Å². The molecule has 1 heterocycles. The zero-order valence-corrected chi connectivity index (χ0v) is 10.2. The summed E-state index contributed by atoms with van der Waals surface area (Å²) in [6, 6.07) is 0. The van der Waals surface area contributed by atoms with E-state index in [0.29, 0.717) is 25.3 Å². The number of rotatable bonds is 6. The number of aromatic nitrogens is 2. The molecule has 0 atom stereocenters. The van der Waals surface area contributed by atoms with E-state index in [-0.39, 0.29) is 12.5 Å². The van der Waals surface area contributed by atoms with E-state index in [9.17, 15) is 4.79 Å². The molecule has 0 saturated heterocycles. The number of aliphatic hydroxyl groups excluding tert-OH is 1. The highest BCUT2D eigenvalue weighted by molar-refractivity contribution is 7.80. The van der Waals surface area contributed by atoms with Gasteiger partial charge in [0.1, 0.15) is 0 Å². The smallest absolute Gasteiger partial charge is 0.221 e. The SMILES string of the molecule is Cc1nn(CCO)cc1CNC(=O)CCS. The summed E-state index contributed by atoms with van der Waals surface area (Å²) in [6.45, 7) is 2.90. The summed E-state index contributed by atoms with van der Waals surface area (Å²) in [4.78, 5) is 11.2. The molecule has 0 unspecified atom stereocenters. The third kappa shape index (κ3) is 3.86.